The van der Waals surface area contributed by atoms with Gasteiger partial charge in [0.25, 0.3) is 5.91 Å². The average Bonchev–Trinajstić information content (AvgIpc) is 2.85. The Kier molecular flexibility index (Phi) is 10.2. The molecule has 3 rings (SSSR count). The van der Waals surface area contributed by atoms with Crippen LogP contribution in [0.2, 0.25) is 0 Å². The summed E-state index contributed by atoms with van der Waals surface area (Å²) < 4.78 is 11.4. The Morgan fingerprint density at radius 3 is 2.50 bits per heavy atom. The summed E-state index contributed by atoms with van der Waals surface area (Å²) in [5.74, 6) is 0.608. The second-order valence-electron chi connectivity index (χ2n) is 8.78. The van der Waals surface area contributed by atoms with Crippen molar-refractivity contribution in [3.63, 3.8) is 0 Å². The molecular formula is C27H38N2O3. The van der Waals surface area contributed by atoms with Gasteiger partial charge in [-0.3, -0.25) is 4.79 Å². The number of rotatable bonds is 12. The first kappa shape index (κ1) is 24.4. The first-order chi connectivity index (χ1) is 15.7. The van der Waals surface area contributed by atoms with Gasteiger partial charge in [0, 0.05) is 31.9 Å². The molecule has 5 heteroatoms. The molecule has 0 aromatic heterocycles. The molecule has 32 heavy (non-hydrogen) atoms. The maximum absolute atomic E-state index is 13.0. The zero-order valence-electron chi connectivity index (χ0n) is 19.3. The summed E-state index contributed by atoms with van der Waals surface area (Å²) in [4.78, 5) is 13.0. The van der Waals surface area contributed by atoms with E-state index in [2.05, 4.69) is 17.4 Å². The summed E-state index contributed by atoms with van der Waals surface area (Å²) in [7, 11) is 1.69. The third-order valence-corrected chi connectivity index (χ3v) is 6.29. The predicted octanol–water partition coefficient (Wildman–Crippen LogP) is 4.86. The van der Waals surface area contributed by atoms with Gasteiger partial charge in [0.2, 0.25) is 0 Å². The fraction of sp³-hybridized carbons (Fsp3) is 0.519. The quantitative estimate of drug-likeness (QED) is 0.464. The van der Waals surface area contributed by atoms with E-state index in [0.717, 1.165) is 24.0 Å². The highest BCUT2D eigenvalue weighted by atomic mass is 16.5. The van der Waals surface area contributed by atoms with Crippen LogP contribution in [0.5, 0.6) is 0 Å². The number of amides is 1. The molecule has 0 spiro atoms. The molecule has 174 valence electrons. The number of carbonyl (C=O) groups is 1. The van der Waals surface area contributed by atoms with E-state index >= 15 is 0 Å². The fourth-order valence-corrected chi connectivity index (χ4v) is 4.57. The smallest absolute Gasteiger partial charge is 0.251 e. The highest BCUT2D eigenvalue weighted by Gasteiger charge is 2.21. The number of methoxy groups -OCH3 is 1. The zero-order chi connectivity index (χ0) is 22.6. The van der Waals surface area contributed by atoms with Crippen molar-refractivity contribution in [3.05, 3.63) is 71.3 Å². The van der Waals surface area contributed by atoms with Gasteiger partial charge < -0.3 is 20.5 Å². The number of hydrogen-bond donors (Lipinski definition) is 2. The van der Waals surface area contributed by atoms with Gasteiger partial charge in [-0.05, 0) is 42.0 Å². The van der Waals surface area contributed by atoms with Crippen LogP contribution in [0.4, 0.5) is 0 Å². The van der Waals surface area contributed by atoms with E-state index in [0.29, 0.717) is 31.2 Å². The van der Waals surface area contributed by atoms with Gasteiger partial charge in [0.05, 0.1) is 6.61 Å². The van der Waals surface area contributed by atoms with E-state index in [-0.39, 0.29) is 18.1 Å². The Morgan fingerprint density at radius 2 is 1.78 bits per heavy atom. The highest BCUT2D eigenvalue weighted by Crippen LogP contribution is 2.28. The van der Waals surface area contributed by atoms with Crippen LogP contribution >= 0.6 is 0 Å². The van der Waals surface area contributed by atoms with Crippen molar-refractivity contribution < 1.29 is 14.3 Å². The van der Waals surface area contributed by atoms with Crippen molar-refractivity contribution in [1.82, 2.24) is 5.32 Å². The van der Waals surface area contributed by atoms with Crippen molar-refractivity contribution in [3.8, 4) is 0 Å². The maximum Gasteiger partial charge on any atom is 0.251 e. The third-order valence-electron chi connectivity index (χ3n) is 6.29. The first-order valence-corrected chi connectivity index (χ1v) is 12.0. The summed E-state index contributed by atoms with van der Waals surface area (Å²) in [6, 6.07) is 17.9. The normalized spacial score (nSPS) is 16.4. The van der Waals surface area contributed by atoms with E-state index in [1.54, 1.807) is 7.11 Å². The Balaban J connectivity index is 1.69. The zero-order valence-corrected chi connectivity index (χ0v) is 19.3. The van der Waals surface area contributed by atoms with Crippen LogP contribution in [-0.4, -0.2) is 38.8 Å². The number of benzene rings is 2. The highest BCUT2D eigenvalue weighted by molar-refractivity contribution is 5.94. The molecule has 2 atom stereocenters. The van der Waals surface area contributed by atoms with Gasteiger partial charge in [-0.25, -0.2) is 0 Å². The number of hydrogen-bond acceptors (Lipinski definition) is 4. The molecule has 0 saturated heterocycles. The van der Waals surface area contributed by atoms with Gasteiger partial charge >= 0.3 is 0 Å². The van der Waals surface area contributed by atoms with Crippen LogP contribution in [0, 0.1) is 5.92 Å². The van der Waals surface area contributed by atoms with Crippen LogP contribution in [0.25, 0.3) is 0 Å². The molecule has 2 aromatic rings. The Labute approximate surface area is 192 Å². The van der Waals surface area contributed by atoms with Crippen LogP contribution in [0.15, 0.2) is 54.6 Å². The Bertz CT molecular complexity index is 806. The molecule has 1 fully saturated rings. The third kappa shape index (κ3) is 7.44. The van der Waals surface area contributed by atoms with E-state index in [1.165, 1.54) is 32.1 Å². The molecule has 1 amide bonds. The summed E-state index contributed by atoms with van der Waals surface area (Å²) in [5, 5.41) is 3.17. The lowest BCUT2D eigenvalue weighted by Gasteiger charge is -2.26. The number of nitrogens with one attached hydrogen (secondary N) is 1. The van der Waals surface area contributed by atoms with E-state index in [9.17, 15) is 4.79 Å². The van der Waals surface area contributed by atoms with E-state index < -0.39 is 0 Å². The monoisotopic (exact) mass is 438 g/mol. The second kappa shape index (κ2) is 13.4. The molecule has 1 aliphatic carbocycles. The summed E-state index contributed by atoms with van der Waals surface area (Å²) >= 11 is 0. The van der Waals surface area contributed by atoms with Crippen LogP contribution in [0.3, 0.4) is 0 Å². The van der Waals surface area contributed by atoms with Crippen molar-refractivity contribution >= 4 is 5.91 Å². The lowest BCUT2D eigenvalue weighted by molar-refractivity contribution is 0.0616. The molecule has 1 aliphatic rings. The molecule has 0 heterocycles. The van der Waals surface area contributed by atoms with E-state index in [4.69, 9.17) is 15.2 Å². The molecule has 0 radical (unpaired) electrons. The molecule has 2 aromatic carbocycles. The van der Waals surface area contributed by atoms with Crippen LogP contribution in [-0.2, 0) is 9.47 Å². The summed E-state index contributed by atoms with van der Waals surface area (Å²) in [6.45, 7) is 1.71. The van der Waals surface area contributed by atoms with E-state index in [1.807, 2.05) is 42.5 Å². The minimum atomic E-state index is -0.228. The lowest BCUT2D eigenvalue weighted by Crippen LogP contribution is -2.41. The fourth-order valence-electron chi connectivity index (χ4n) is 4.57. The molecule has 5 nitrogen and oxygen atoms in total. The molecule has 3 N–H and O–H groups in total. The van der Waals surface area contributed by atoms with Gasteiger partial charge in [0.1, 0.15) is 6.10 Å². The van der Waals surface area contributed by atoms with Gasteiger partial charge in [0.15, 0.2) is 0 Å². The van der Waals surface area contributed by atoms with Crippen molar-refractivity contribution in [2.45, 2.75) is 57.1 Å². The lowest BCUT2D eigenvalue weighted by atomic mass is 9.85. The van der Waals surface area contributed by atoms with Crippen molar-refractivity contribution in [2.75, 3.05) is 26.9 Å². The maximum atomic E-state index is 13.0. The van der Waals surface area contributed by atoms with Gasteiger partial charge in [-0.15, -0.1) is 0 Å². The number of nitrogens with two attached hydrogens (primary N) is 1. The van der Waals surface area contributed by atoms with Gasteiger partial charge in [-0.2, -0.15) is 0 Å². The number of ether oxygens (including phenoxy) is 2. The molecule has 0 bridgehead atoms. The average molecular weight is 439 g/mol. The predicted molar refractivity (Wildman–Crippen MR) is 129 cm³/mol. The number of carbonyl (C=O) groups excluding carboxylic acids is 1. The Hall–Kier alpha value is -2.21. The van der Waals surface area contributed by atoms with Crippen molar-refractivity contribution in [1.29, 1.82) is 0 Å². The summed E-state index contributed by atoms with van der Waals surface area (Å²) in [6.07, 6.45) is 7.98. The van der Waals surface area contributed by atoms with Crippen LogP contribution in [0.1, 0.15) is 72.5 Å². The first-order valence-electron chi connectivity index (χ1n) is 12.0. The Morgan fingerprint density at radius 1 is 1.03 bits per heavy atom. The molecule has 1 unspecified atom stereocenters. The topological polar surface area (TPSA) is 73.6 Å². The summed E-state index contributed by atoms with van der Waals surface area (Å²) in [5.41, 5.74) is 8.69. The SMILES string of the molecule is COCCCOC(c1ccccc1)c1cccc(C(=O)N[C@H](CN)CC2CCCCC2)c1. The molecule has 1 saturated carbocycles. The largest absolute Gasteiger partial charge is 0.385 e. The van der Waals surface area contributed by atoms with Gasteiger partial charge in [-0.1, -0.05) is 74.6 Å². The minimum Gasteiger partial charge on any atom is -0.385 e. The van der Waals surface area contributed by atoms with Crippen LogP contribution < -0.4 is 11.1 Å². The standard InChI is InChI=1S/C27H38N2O3/c1-31-16-9-17-32-26(22-12-6-3-7-13-22)23-14-8-15-24(19-23)27(30)29-25(20-28)18-21-10-4-2-5-11-21/h3,6-8,12-15,19,21,25-26H,2,4-5,9-11,16-18,20,28H2,1H3,(H,29,30)/t25-,26?/m0/s1. The minimum absolute atomic E-state index is 0.0180. The second-order valence-corrected chi connectivity index (χ2v) is 8.78. The van der Waals surface area contributed by atoms with Crippen molar-refractivity contribution in [2.24, 2.45) is 11.7 Å². The molecule has 0 aliphatic heterocycles. The molecular weight excluding hydrogens is 400 g/mol.